The van der Waals surface area contributed by atoms with E-state index in [0.29, 0.717) is 10.2 Å². The van der Waals surface area contributed by atoms with Crippen LogP contribution in [0.3, 0.4) is 0 Å². The van der Waals surface area contributed by atoms with Gasteiger partial charge in [-0.2, -0.15) is 0 Å². The highest BCUT2D eigenvalue weighted by Gasteiger charge is 2.03. The predicted molar refractivity (Wildman–Crippen MR) is 47.7 cm³/mol. The van der Waals surface area contributed by atoms with Crippen molar-refractivity contribution in [3.63, 3.8) is 0 Å². The van der Waals surface area contributed by atoms with Crippen molar-refractivity contribution in [3.05, 3.63) is 32.3 Å². The first kappa shape index (κ1) is 7.30. The fraction of sp³-hybridized carbons (Fsp3) is 0.143. The Morgan fingerprint density at radius 3 is 3.00 bits per heavy atom. The first-order valence-electron chi connectivity index (χ1n) is 3.36. The molecule has 2 aromatic heterocycles. The number of fused-ring (bicyclic) bond motifs is 1. The molecule has 0 amide bonds. The first-order valence-corrected chi connectivity index (χ1v) is 4.24. The Morgan fingerprint density at radius 1 is 1.50 bits per heavy atom. The van der Waals surface area contributed by atoms with Crippen LogP contribution in [0.15, 0.2) is 21.0 Å². The Labute approximate surface area is 71.1 Å². The van der Waals surface area contributed by atoms with Gasteiger partial charge in [-0.3, -0.25) is 14.3 Å². The minimum atomic E-state index is -0.370. The molecule has 12 heavy (non-hydrogen) atoms. The van der Waals surface area contributed by atoms with Crippen LogP contribution < -0.4 is 11.2 Å². The molecule has 0 radical (unpaired) electrons. The molecule has 62 valence electrons. The summed E-state index contributed by atoms with van der Waals surface area (Å²) in [6, 6.07) is 1.76. The molecule has 2 rings (SSSR count). The second-order valence-electron chi connectivity index (χ2n) is 2.45. The lowest BCUT2D eigenvalue weighted by Crippen LogP contribution is -2.27. The Bertz CT molecular complexity index is 534. The Balaban J connectivity index is 3.18. The highest BCUT2D eigenvalue weighted by molar-refractivity contribution is 7.17. The van der Waals surface area contributed by atoms with E-state index in [1.807, 2.05) is 0 Å². The number of nitrogens with zero attached hydrogens (tertiary/aromatic N) is 1. The van der Waals surface area contributed by atoms with Crippen molar-refractivity contribution in [1.29, 1.82) is 0 Å². The zero-order valence-electron chi connectivity index (χ0n) is 6.33. The number of aromatic amines is 1. The number of nitrogens with one attached hydrogen (secondary N) is 1. The molecular formula is C7H6N2O2S. The Hall–Kier alpha value is -1.36. The van der Waals surface area contributed by atoms with Gasteiger partial charge < -0.3 is 0 Å². The number of aromatic nitrogens is 2. The van der Waals surface area contributed by atoms with Gasteiger partial charge in [0.05, 0.1) is 5.52 Å². The van der Waals surface area contributed by atoms with Gasteiger partial charge in [0.2, 0.25) is 0 Å². The zero-order chi connectivity index (χ0) is 8.72. The molecule has 0 atom stereocenters. The van der Waals surface area contributed by atoms with E-state index in [9.17, 15) is 9.59 Å². The smallest absolute Gasteiger partial charge is 0.296 e. The van der Waals surface area contributed by atoms with E-state index in [-0.39, 0.29) is 11.2 Å². The van der Waals surface area contributed by atoms with E-state index in [2.05, 4.69) is 4.98 Å². The molecule has 0 aliphatic carbocycles. The van der Waals surface area contributed by atoms with Gasteiger partial charge in [0.1, 0.15) is 4.70 Å². The summed E-state index contributed by atoms with van der Waals surface area (Å²) in [7, 11) is 1.63. The quantitative estimate of drug-likeness (QED) is 0.636. The standard InChI is InChI=1S/C7H6N2O2S/c1-9-4-2-3-12-5(4)6(10)8-7(9)11/h2-3H,1H3,(H,8,10,11). The van der Waals surface area contributed by atoms with E-state index in [1.165, 1.54) is 15.9 Å². The summed E-state index contributed by atoms with van der Waals surface area (Å²) < 4.78 is 2.02. The summed E-state index contributed by atoms with van der Waals surface area (Å²) in [6.07, 6.45) is 0. The topological polar surface area (TPSA) is 54.9 Å². The van der Waals surface area contributed by atoms with Crippen LogP contribution in [-0.2, 0) is 7.05 Å². The predicted octanol–water partition coefficient (Wildman–Crippen LogP) is 0.288. The van der Waals surface area contributed by atoms with Crippen LogP contribution in [-0.4, -0.2) is 9.55 Å². The van der Waals surface area contributed by atoms with E-state index >= 15 is 0 Å². The molecule has 0 bridgehead atoms. The van der Waals surface area contributed by atoms with Gasteiger partial charge in [0, 0.05) is 7.05 Å². The van der Waals surface area contributed by atoms with Crippen molar-refractivity contribution in [2.24, 2.45) is 7.05 Å². The van der Waals surface area contributed by atoms with Crippen LogP contribution in [0.4, 0.5) is 0 Å². The van der Waals surface area contributed by atoms with Crippen LogP contribution in [0.5, 0.6) is 0 Å². The minimum absolute atomic E-state index is 0.303. The van der Waals surface area contributed by atoms with Crippen LogP contribution in [0.25, 0.3) is 10.2 Å². The van der Waals surface area contributed by atoms with Crippen molar-refractivity contribution in [3.8, 4) is 0 Å². The number of thiophene rings is 1. The molecule has 0 fully saturated rings. The van der Waals surface area contributed by atoms with Gasteiger partial charge in [-0.25, -0.2) is 4.79 Å². The molecular weight excluding hydrogens is 176 g/mol. The molecule has 0 saturated heterocycles. The summed E-state index contributed by atoms with van der Waals surface area (Å²) in [5, 5.41) is 1.79. The highest BCUT2D eigenvalue weighted by atomic mass is 32.1. The molecule has 5 heteroatoms. The van der Waals surface area contributed by atoms with Crippen molar-refractivity contribution >= 4 is 21.6 Å². The van der Waals surface area contributed by atoms with Crippen molar-refractivity contribution in [1.82, 2.24) is 9.55 Å². The van der Waals surface area contributed by atoms with Crippen molar-refractivity contribution < 1.29 is 0 Å². The summed E-state index contributed by atoms with van der Waals surface area (Å²) in [4.78, 5) is 24.4. The van der Waals surface area contributed by atoms with Gasteiger partial charge in [-0.15, -0.1) is 11.3 Å². The molecule has 2 heterocycles. The molecule has 0 unspecified atom stereocenters. The summed E-state index contributed by atoms with van der Waals surface area (Å²) in [5.41, 5.74) is 0.0164. The second-order valence-corrected chi connectivity index (χ2v) is 3.37. The maximum atomic E-state index is 11.2. The third kappa shape index (κ3) is 0.831. The monoisotopic (exact) mass is 182 g/mol. The number of H-pyrrole nitrogens is 1. The van der Waals surface area contributed by atoms with E-state index in [0.717, 1.165) is 0 Å². The number of hydrogen-bond acceptors (Lipinski definition) is 3. The molecule has 0 aliphatic rings. The van der Waals surface area contributed by atoms with Gasteiger partial charge in [-0.1, -0.05) is 0 Å². The fourth-order valence-electron chi connectivity index (χ4n) is 1.08. The molecule has 4 nitrogen and oxygen atoms in total. The summed E-state index contributed by atoms with van der Waals surface area (Å²) in [5.74, 6) is 0. The van der Waals surface area contributed by atoms with E-state index in [1.54, 1.807) is 18.5 Å². The average molecular weight is 182 g/mol. The van der Waals surface area contributed by atoms with Crippen LogP contribution in [0.2, 0.25) is 0 Å². The molecule has 2 aromatic rings. The Kier molecular flexibility index (Phi) is 1.41. The third-order valence-corrected chi connectivity index (χ3v) is 2.64. The molecule has 0 spiro atoms. The maximum Gasteiger partial charge on any atom is 0.328 e. The second kappa shape index (κ2) is 2.31. The lowest BCUT2D eigenvalue weighted by atomic mass is 10.4. The maximum absolute atomic E-state index is 11.2. The highest BCUT2D eigenvalue weighted by Crippen LogP contribution is 2.12. The lowest BCUT2D eigenvalue weighted by Gasteiger charge is -1.96. The molecule has 0 aromatic carbocycles. The Morgan fingerprint density at radius 2 is 2.25 bits per heavy atom. The first-order chi connectivity index (χ1) is 5.70. The van der Waals surface area contributed by atoms with Crippen LogP contribution >= 0.6 is 11.3 Å². The molecule has 0 saturated carbocycles. The van der Waals surface area contributed by atoms with Crippen LogP contribution in [0, 0.1) is 0 Å². The van der Waals surface area contributed by atoms with E-state index < -0.39 is 0 Å². The van der Waals surface area contributed by atoms with Gasteiger partial charge >= 0.3 is 5.69 Å². The number of rotatable bonds is 0. The van der Waals surface area contributed by atoms with Crippen molar-refractivity contribution in [2.45, 2.75) is 0 Å². The largest absolute Gasteiger partial charge is 0.328 e. The molecule has 1 N–H and O–H groups in total. The zero-order valence-corrected chi connectivity index (χ0v) is 7.14. The summed E-state index contributed by atoms with van der Waals surface area (Å²) >= 11 is 1.33. The van der Waals surface area contributed by atoms with Gasteiger partial charge in [-0.05, 0) is 11.4 Å². The molecule has 0 aliphatic heterocycles. The SMILES string of the molecule is Cn1c(=O)[nH]c(=O)c2sccc21. The number of aryl methyl sites for hydroxylation is 1. The third-order valence-electron chi connectivity index (χ3n) is 1.74. The van der Waals surface area contributed by atoms with Crippen molar-refractivity contribution in [2.75, 3.05) is 0 Å². The van der Waals surface area contributed by atoms with Crippen LogP contribution in [0.1, 0.15) is 0 Å². The minimum Gasteiger partial charge on any atom is -0.296 e. The number of hydrogen-bond donors (Lipinski definition) is 1. The lowest BCUT2D eigenvalue weighted by molar-refractivity contribution is 0.845. The van der Waals surface area contributed by atoms with E-state index in [4.69, 9.17) is 0 Å². The fourth-order valence-corrected chi connectivity index (χ4v) is 1.90. The van der Waals surface area contributed by atoms with Gasteiger partial charge in [0.15, 0.2) is 0 Å². The van der Waals surface area contributed by atoms with Gasteiger partial charge in [0.25, 0.3) is 5.56 Å². The average Bonchev–Trinajstić information content (AvgIpc) is 2.48. The normalized spacial score (nSPS) is 10.8. The summed E-state index contributed by atoms with van der Waals surface area (Å²) in [6.45, 7) is 0.